The Morgan fingerprint density at radius 3 is 2.67 bits per heavy atom. The van der Waals surface area contributed by atoms with Gasteiger partial charge in [0.15, 0.2) is 0 Å². The number of carbonyl (C=O) groups excluding carboxylic acids is 1. The third-order valence-corrected chi connectivity index (χ3v) is 3.45. The van der Waals surface area contributed by atoms with Crippen molar-refractivity contribution in [2.75, 3.05) is 25.2 Å². The Kier molecular flexibility index (Phi) is 6.81. The first-order chi connectivity index (χ1) is 8.58. The van der Waals surface area contributed by atoms with Gasteiger partial charge in [-0.05, 0) is 39.4 Å². The number of amides is 2. The maximum absolute atomic E-state index is 11.5. The zero-order valence-corrected chi connectivity index (χ0v) is 12.3. The summed E-state index contributed by atoms with van der Waals surface area (Å²) in [6.45, 7) is 5.10. The van der Waals surface area contributed by atoms with Crippen molar-refractivity contribution in [3.05, 3.63) is 0 Å². The average Bonchev–Trinajstić information content (AvgIpc) is 2.27. The Hall–Kier alpha value is -0.460. The summed E-state index contributed by atoms with van der Waals surface area (Å²) in [5.41, 5.74) is 2.21. The molecule has 1 aliphatic carbocycles. The van der Waals surface area contributed by atoms with Crippen molar-refractivity contribution >= 4 is 17.8 Å². The second-order valence-corrected chi connectivity index (χ2v) is 5.81. The van der Waals surface area contributed by atoms with Gasteiger partial charge in [0.25, 0.3) is 0 Å². The van der Waals surface area contributed by atoms with Crippen LogP contribution >= 0.6 is 11.8 Å². The first kappa shape index (κ1) is 15.6. The smallest absolute Gasteiger partial charge is 0.338 e. The van der Waals surface area contributed by atoms with E-state index >= 15 is 0 Å². The minimum Gasteiger partial charge on any atom is -0.371 e. The minimum absolute atomic E-state index is 0.162. The molecule has 5 nitrogen and oxygen atoms in total. The highest BCUT2D eigenvalue weighted by Gasteiger charge is 2.39. The summed E-state index contributed by atoms with van der Waals surface area (Å²) in [6.07, 6.45) is 5.37. The first-order valence-corrected chi connectivity index (χ1v) is 7.80. The third kappa shape index (κ3) is 5.46. The van der Waals surface area contributed by atoms with E-state index < -0.39 is 0 Å². The minimum atomic E-state index is -0.297. The van der Waals surface area contributed by atoms with Gasteiger partial charge in [0.1, 0.15) is 0 Å². The van der Waals surface area contributed by atoms with Crippen LogP contribution in [0.3, 0.4) is 0 Å². The van der Waals surface area contributed by atoms with Crippen molar-refractivity contribution in [2.45, 2.75) is 44.8 Å². The number of ether oxygens (including phenoxy) is 1. The highest BCUT2D eigenvalue weighted by atomic mass is 32.2. The average molecular weight is 276 g/mol. The van der Waals surface area contributed by atoms with Crippen LogP contribution < -0.4 is 10.8 Å². The summed E-state index contributed by atoms with van der Waals surface area (Å²) >= 11 is 1.67. The van der Waals surface area contributed by atoms with Crippen LogP contribution in [0.4, 0.5) is 4.79 Å². The van der Waals surface area contributed by atoms with Gasteiger partial charge in [0, 0.05) is 12.3 Å². The SMILES string of the molecule is CSCCONC(=O)NCC1(OC(C)C)CCC1. The van der Waals surface area contributed by atoms with E-state index in [-0.39, 0.29) is 17.7 Å². The van der Waals surface area contributed by atoms with Crippen molar-refractivity contribution in [3.63, 3.8) is 0 Å². The van der Waals surface area contributed by atoms with E-state index in [9.17, 15) is 4.79 Å². The second kappa shape index (κ2) is 7.86. The number of carbonyl (C=O) groups is 1. The van der Waals surface area contributed by atoms with Crippen molar-refractivity contribution in [1.82, 2.24) is 10.8 Å². The van der Waals surface area contributed by atoms with Crippen LogP contribution in [-0.2, 0) is 9.57 Å². The number of nitrogens with one attached hydrogen (secondary N) is 2. The van der Waals surface area contributed by atoms with Crippen LogP contribution in [0.5, 0.6) is 0 Å². The van der Waals surface area contributed by atoms with Crippen molar-refractivity contribution < 1.29 is 14.4 Å². The highest BCUT2D eigenvalue weighted by Crippen LogP contribution is 2.35. The molecule has 1 fully saturated rings. The lowest BCUT2D eigenvalue weighted by Crippen LogP contribution is -2.52. The number of rotatable bonds is 8. The fourth-order valence-electron chi connectivity index (χ4n) is 1.93. The van der Waals surface area contributed by atoms with Gasteiger partial charge in [0.05, 0.1) is 18.3 Å². The third-order valence-electron chi connectivity index (χ3n) is 2.88. The lowest BCUT2D eigenvalue weighted by Gasteiger charge is -2.43. The van der Waals surface area contributed by atoms with E-state index in [4.69, 9.17) is 9.57 Å². The van der Waals surface area contributed by atoms with E-state index in [2.05, 4.69) is 10.8 Å². The number of hydroxylamine groups is 1. The Balaban J connectivity index is 2.16. The standard InChI is InChI=1S/C12H24N2O3S/c1-10(2)17-12(5-4-6-12)9-13-11(15)14-16-7-8-18-3/h10H,4-9H2,1-3H3,(H2,13,14,15). The van der Waals surface area contributed by atoms with Crippen molar-refractivity contribution in [2.24, 2.45) is 0 Å². The molecular formula is C12H24N2O3S. The molecule has 1 saturated carbocycles. The van der Waals surface area contributed by atoms with Crippen LogP contribution in [0.25, 0.3) is 0 Å². The topological polar surface area (TPSA) is 59.6 Å². The van der Waals surface area contributed by atoms with Crippen LogP contribution in [0, 0.1) is 0 Å². The Bertz CT molecular complexity index is 258. The summed E-state index contributed by atoms with van der Waals surface area (Å²) < 4.78 is 5.88. The van der Waals surface area contributed by atoms with E-state index in [1.807, 2.05) is 20.1 Å². The lowest BCUT2D eigenvalue weighted by atomic mass is 9.79. The molecule has 0 aromatic carbocycles. The molecule has 0 saturated heterocycles. The normalized spacial score (nSPS) is 17.3. The Morgan fingerprint density at radius 2 is 2.17 bits per heavy atom. The maximum atomic E-state index is 11.5. The van der Waals surface area contributed by atoms with E-state index in [0.717, 1.165) is 18.6 Å². The molecule has 0 bridgehead atoms. The van der Waals surface area contributed by atoms with Crippen molar-refractivity contribution in [3.8, 4) is 0 Å². The number of hydrogen-bond donors (Lipinski definition) is 2. The van der Waals surface area contributed by atoms with Crippen LogP contribution in [0.2, 0.25) is 0 Å². The van der Waals surface area contributed by atoms with Crippen LogP contribution in [0.1, 0.15) is 33.1 Å². The first-order valence-electron chi connectivity index (χ1n) is 6.40. The monoisotopic (exact) mass is 276 g/mol. The molecule has 0 atom stereocenters. The molecule has 0 spiro atoms. The predicted octanol–water partition coefficient (Wildman–Crippen LogP) is 1.93. The van der Waals surface area contributed by atoms with Crippen molar-refractivity contribution in [1.29, 1.82) is 0 Å². The van der Waals surface area contributed by atoms with Gasteiger partial charge in [-0.25, -0.2) is 10.3 Å². The summed E-state index contributed by atoms with van der Waals surface area (Å²) in [6, 6.07) is -0.297. The van der Waals surface area contributed by atoms with Gasteiger partial charge in [0.2, 0.25) is 0 Å². The highest BCUT2D eigenvalue weighted by molar-refractivity contribution is 7.98. The summed E-state index contributed by atoms with van der Waals surface area (Å²) in [7, 11) is 0. The quantitative estimate of drug-likeness (QED) is 0.525. The van der Waals surface area contributed by atoms with Gasteiger partial charge < -0.3 is 10.1 Å². The summed E-state index contributed by atoms with van der Waals surface area (Å²) in [5.74, 6) is 0.862. The summed E-state index contributed by atoms with van der Waals surface area (Å²) in [4.78, 5) is 16.5. The zero-order valence-electron chi connectivity index (χ0n) is 11.5. The van der Waals surface area contributed by atoms with Gasteiger partial charge in [-0.3, -0.25) is 4.84 Å². The molecule has 0 aromatic heterocycles. The zero-order chi connectivity index (χ0) is 13.4. The lowest BCUT2D eigenvalue weighted by molar-refractivity contribution is -0.124. The van der Waals surface area contributed by atoms with Crippen LogP contribution in [0.15, 0.2) is 0 Å². The molecule has 0 radical (unpaired) electrons. The number of thioether (sulfide) groups is 1. The fourth-order valence-corrected chi connectivity index (χ4v) is 2.18. The predicted molar refractivity (Wildman–Crippen MR) is 73.7 cm³/mol. The maximum Gasteiger partial charge on any atom is 0.338 e. The molecule has 106 valence electrons. The molecule has 6 heteroatoms. The summed E-state index contributed by atoms with van der Waals surface area (Å²) in [5, 5.41) is 2.80. The number of urea groups is 1. The van der Waals surface area contributed by atoms with Crippen LogP contribution in [-0.4, -0.2) is 42.9 Å². The largest absolute Gasteiger partial charge is 0.371 e. The van der Waals surface area contributed by atoms with E-state index in [0.29, 0.717) is 13.2 Å². The molecule has 0 unspecified atom stereocenters. The second-order valence-electron chi connectivity index (χ2n) is 4.83. The molecule has 0 aliphatic heterocycles. The Morgan fingerprint density at radius 1 is 1.44 bits per heavy atom. The fraction of sp³-hybridized carbons (Fsp3) is 0.917. The molecule has 0 heterocycles. The van der Waals surface area contributed by atoms with Gasteiger partial charge >= 0.3 is 6.03 Å². The molecule has 1 rings (SSSR count). The van der Waals surface area contributed by atoms with E-state index in [1.54, 1.807) is 11.8 Å². The molecule has 1 aliphatic rings. The van der Waals surface area contributed by atoms with Gasteiger partial charge in [-0.1, -0.05) is 0 Å². The molecular weight excluding hydrogens is 252 g/mol. The van der Waals surface area contributed by atoms with E-state index in [1.165, 1.54) is 6.42 Å². The molecule has 0 aromatic rings. The molecule has 2 N–H and O–H groups in total. The molecule has 2 amide bonds. The molecule has 18 heavy (non-hydrogen) atoms. The Labute approximate surface area is 113 Å². The van der Waals surface area contributed by atoms with Gasteiger partial charge in [-0.2, -0.15) is 11.8 Å². The van der Waals surface area contributed by atoms with Gasteiger partial charge in [-0.15, -0.1) is 0 Å². The number of hydrogen-bond acceptors (Lipinski definition) is 4.